The number of aromatic nitrogens is 6. The Morgan fingerprint density at radius 2 is 2.07 bits per heavy atom. The lowest BCUT2D eigenvalue weighted by atomic mass is 9.98. The van der Waals surface area contributed by atoms with Crippen molar-refractivity contribution in [3.63, 3.8) is 0 Å². The minimum Gasteiger partial charge on any atom is -0.453 e. The van der Waals surface area contributed by atoms with Gasteiger partial charge in [-0.15, -0.1) is 5.10 Å². The number of halogens is 1. The fourth-order valence-corrected chi connectivity index (χ4v) is 5.84. The molecular formula is C30H31ClN10O4. The quantitative estimate of drug-likeness (QED) is 0.239. The van der Waals surface area contributed by atoms with Gasteiger partial charge in [0.1, 0.15) is 12.2 Å². The van der Waals surface area contributed by atoms with Crippen LogP contribution in [0.2, 0.25) is 5.02 Å². The fourth-order valence-electron chi connectivity index (χ4n) is 5.66. The summed E-state index contributed by atoms with van der Waals surface area (Å²) in [6.07, 6.45) is 7.57. The van der Waals surface area contributed by atoms with Crippen LogP contribution in [-0.4, -0.2) is 79.7 Å². The molecule has 3 unspecified atom stereocenters. The van der Waals surface area contributed by atoms with Gasteiger partial charge in [-0.2, -0.15) is 4.68 Å². The molecule has 4 bridgehead atoms. The molecule has 3 amide bonds. The maximum atomic E-state index is 13.3. The molecule has 2 aliphatic heterocycles. The monoisotopic (exact) mass is 630 g/mol. The number of anilines is 2. The van der Waals surface area contributed by atoms with E-state index in [9.17, 15) is 14.4 Å². The first-order valence-electron chi connectivity index (χ1n) is 14.4. The number of carbonyl (C=O) groups excluding carboxylic acids is 3. The van der Waals surface area contributed by atoms with Gasteiger partial charge in [0.25, 0.3) is 0 Å². The second kappa shape index (κ2) is 13.3. The third-order valence-corrected chi connectivity index (χ3v) is 8.09. The van der Waals surface area contributed by atoms with Crippen molar-refractivity contribution < 1.29 is 19.1 Å². The summed E-state index contributed by atoms with van der Waals surface area (Å²) in [5.41, 5.74) is 3.63. The van der Waals surface area contributed by atoms with Crippen LogP contribution in [-0.2, 0) is 14.3 Å². The lowest BCUT2D eigenvalue weighted by Crippen LogP contribution is -2.31. The van der Waals surface area contributed by atoms with Crippen LogP contribution in [0.4, 0.5) is 16.2 Å². The zero-order valence-electron chi connectivity index (χ0n) is 24.4. The summed E-state index contributed by atoms with van der Waals surface area (Å²) >= 11 is 6.24. The third-order valence-electron chi connectivity index (χ3n) is 7.85. The number of ether oxygens (including phenoxy) is 1. The molecule has 1 fully saturated rings. The minimum absolute atomic E-state index is 0.133. The first-order chi connectivity index (χ1) is 21.8. The molecule has 4 N–H and O–H groups in total. The number of imidazole rings is 1. The highest BCUT2D eigenvalue weighted by Gasteiger charge is 2.29. The number of hydrogen-bond donors (Lipinski definition) is 4. The van der Waals surface area contributed by atoms with Crippen LogP contribution in [0.1, 0.15) is 36.7 Å². The molecule has 0 radical (unpaired) electrons. The first kappa shape index (κ1) is 30.0. The molecule has 4 heterocycles. The number of nitrogens with zero attached hydrogens (tertiary/aromatic N) is 6. The van der Waals surface area contributed by atoms with Gasteiger partial charge in [-0.25, -0.2) is 9.78 Å². The lowest BCUT2D eigenvalue weighted by Gasteiger charge is -2.21. The van der Waals surface area contributed by atoms with Gasteiger partial charge in [-0.05, 0) is 78.2 Å². The second-order valence-corrected chi connectivity index (χ2v) is 11.3. The van der Waals surface area contributed by atoms with Crippen LogP contribution < -0.4 is 16.0 Å². The van der Waals surface area contributed by atoms with Crippen LogP contribution in [0.15, 0.2) is 55.0 Å². The number of amides is 3. The maximum absolute atomic E-state index is 13.3. The van der Waals surface area contributed by atoms with Crippen LogP contribution in [0, 0.1) is 5.92 Å². The van der Waals surface area contributed by atoms with Crippen LogP contribution in [0.5, 0.6) is 0 Å². The highest BCUT2D eigenvalue weighted by Crippen LogP contribution is 2.33. The summed E-state index contributed by atoms with van der Waals surface area (Å²) in [5.74, 6) is 0.459. The molecule has 0 saturated carbocycles. The van der Waals surface area contributed by atoms with E-state index in [0.717, 1.165) is 19.5 Å². The molecule has 0 aliphatic carbocycles. The number of nitrogens with one attached hydrogen (secondary N) is 4. The molecule has 14 nitrogen and oxygen atoms in total. The van der Waals surface area contributed by atoms with Crippen molar-refractivity contribution in [1.29, 1.82) is 0 Å². The average Bonchev–Trinajstić information content (AvgIpc) is 3.81. The number of hydrogen-bond acceptors (Lipinski definition) is 9. The highest BCUT2D eigenvalue weighted by molar-refractivity contribution is 6.30. The topological polar surface area (TPSA) is 172 Å². The maximum Gasteiger partial charge on any atom is 0.411 e. The predicted octanol–water partition coefficient (Wildman–Crippen LogP) is 3.81. The number of tetrazole rings is 1. The number of H-pyrrole nitrogens is 1. The van der Waals surface area contributed by atoms with Crippen LogP contribution in [0.3, 0.4) is 0 Å². The van der Waals surface area contributed by atoms with E-state index >= 15 is 0 Å². The summed E-state index contributed by atoms with van der Waals surface area (Å²) in [4.78, 5) is 48.3. The van der Waals surface area contributed by atoms with Gasteiger partial charge in [-0.1, -0.05) is 11.6 Å². The van der Waals surface area contributed by atoms with Gasteiger partial charge in [-0.3, -0.25) is 14.9 Å². The number of aromatic amines is 1. The van der Waals surface area contributed by atoms with Crippen molar-refractivity contribution in [1.82, 2.24) is 40.4 Å². The Morgan fingerprint density at radius 1 is 1.18 bits per heavy atom. The average molecular weight is 631 g/mol. The summed E-state index contributed by atoms with van der Waals surface area (Å²) in [6, 6.07) is 10.00. The van der Waals surface area contributed by atoms with Gasteiger partial charge in [0.05, 0.1) is 36.4 Å². The smallest absolute Gasteiger partial charge is 0.411 e. The number of rotatable bonds is 5. The van der Waals surface area contributed by atoms with Crippen molar-refractivity contribution in [3.8, 4) is 16.9 Å². The van der Waals surface area contributed by atoms with Crippen LogP contribution in [0.25, 0.3) is 23.0 Å². The van der Waals surface area contributed by atoms with E-state index in [2.05, 4.69) is 46.3 Å². The minimum atomic E-state index is -0.621. The van der Waals surface area contributed by atoms with Gasteiger partial charge < -0.3 is 25.3 Å². The molecule has 45 heavy (non-hydrogen) atoms. The van der Waals surface area contributed by atoms with E-state index in [1.807, 2.05) is 0 Å². The van der Waals surface area contributed by atoms with E-state index in [-0.39, 0.29) is 11.8 Å². The Hall–Kier alpha value is -5.08. The summed E-state index contributed by atoms with van der Waals surface area (Å²) in [5, 5.41) is 20.6. The molecule has 6 rings (SSSR count). The Bertz CT molecular complexity index is 1740. The molecule has 2 aliphatic rings. The molecule has 232 valence electrons. The molecular weight excluding hydrogens is 600 g/mol. The van der Waals surface area contributed by atoms with Gasteiger partial charge >= 0.3 is 6.09 Å². The summed E-state index contributed by atoms with van der Waals surface area (Å²) in [6.45, 7) is 2.29. The largest absolute Gasteiger partial charge is 0.453 e. The lowest BCUT2D eigenvalue weighted by molar-refractivity contribution is -0.117. The van der Waals surface area contributed by atoms with E-state index in [1.54, 1.807) is 48.7 Å². The first-order valence-corrected chi connectivity index (χ1v) is 14.8. The van der Waals surface area contributed by atoms with E-state index in [0.29, 0.717) is 70.0 Å². The second-order valence-electron chi connectivity index (χ2n) is 10.9. The molecule has 0 spiro atoms. The number of carbonyl (C=O) groups is 3. The predicted molar refractivity (Wildman–Crippen MR) is 167 cm³/mol. The molecule has 1 saturated heterocycles. The molecule has 4 aromatic rings. The zero-order valence-corrected chi connectivity index (χ0v) is 25.1. The number of benzene rings is 2. The molecule has 3 atom stereocenters. The molecule has 2 aromatic heterocycles. The fraction of sp³-hybridized carbons (Fsp3) is 0.300. The molecule has 2 aromatic carbocycles. The van der Waals surface area contributed by atoms with Crippen molar-refractivity contribution >= 4 is 47.0 Å². The van der Waals surface area contributed by atoms with E-state index in [1.165, 1.54) is 24.2 Å². The number of fused-ring (bicyclic) bond motifs is 6. The van der Waals surface area contributed by atoms with Crippen molar-refractivity contribution in [2.45, 2.75) is 25.3 Å². The summed E-state index contributed by atoms with van der Waals surface area (Å²) in [7, 11) is 1.28. The van der Waals surface area contributed by atoms with Gasteiger partial charge in [0, 0.05) is 47.4 Å². The zero-order chi connectivity index (χ0) is 31.3. The Balaban J connectivity index is 1.29. The van der Waals surface area contributed by atoms with Crippen molar-refractivity contribution in [2.75, 3.05) is 37.4 Å². The van der Waals surface area contributed by atoms with E-state index in [4.69, 9.17) is 16.3 Å². The van der Waals surface area contributed by atoms with Crippen molar-refractivity contribution in [2.24, 2.45) is 5.92 Å². The third kappa shape index (κ3) is 7.19. The highest BCUT2D eigenvalue weighted by atomic mass is 35.5. The standard InChI is InChI=1S/C30H31ClN10O4/c1-45-30(44)34-21-4-5-22-23(14-21)35-28(43)9-11-40-10-8-18(16-40)12-24(29-32-15-25(22)37-29)36-27(42)7-2-19-13-20(31)3-6-26(19)41-17-33-38-39-41/h2-7,13-15,17-18,24H,8-12,16H2,1H3,(H,32,37)(H,34,44)(H,35,43)(H,36,42). The Morgan fingerprint density at radius 3 is 2.89 bits per heavy atom. The summed E-state index contributed by atoms with van der Waals surface area (Å²) < 4.78 is 6.21. The molecule has 15 heteroatoms. The number of methoxy groups -OCH3 is 1. The Kier molecular flexibility index (Phi) is 8.84. The van der Waals surface area contributed by atoms with E-state index < -0.39 is 12.1 Å². The Labute approximate surface area is 263 Å². The van der Waals surface area contributed by atoms with Crippen LogP contribution >= 0.6 is 11.6 Å². The van der Waals surface area contributed by atoms with Gasteiger partial charge in [0.15, 0.2) is 0 Å². The normalized spacial score (nSPS) is 19.8. The van der Waals surface area contributed by atoms with Gasteiger partial charge in [0.2, 0.25) is 11.8 Å². The van der Waals surface area contributed by atoms with Crippen molar-refractivity contribution in [3.05, 3.63) is 71.4 Å². The SMILES string of the molecule is COC(=O)Nc1ccc2c(c1)NC(=O)CCN1CCC(CC(NC(=O)C=Cc3cc(Cl)ccc3-n3cnnn3)c3ncc-2[nH]3)C1.